The first-order chi connectivity index (χ1) is 12.2. The normalized spacial score (nSPS) is 28.3. The number of benzene rings is 1. The Bertz CT molecular complexity index is 699. The Morgan fingerprint density at radius 2 is 1.92 bits per heavy atom. The highest BCUT2D eigenvalue weighted by molar-refractivity contribution is 6.74. The molecule has 3 unspecified atom stereocenters. The van der Waals surface area contributed by atoms with E-state index in [1.807, 2.05) is 0 Å². The Balaban J connectivity index is 1.82. The summed E-state index contributed by atoms with van der Waals surface area (Å²) in [7, 11) is -1.80. The molecule has 2 aliphatic rings. The van der Waals surface area contributed by atoms with Crippen LogP contribution in [0, 0.1) is 11.3 Å². The second-order valence-electron chi connectivity index (χ2n) is 9.37. The van der Waals surface area contributed by atoms with Crippen LogP contribution in [-0.4, -0.2) is 31.4 Å². The maximum Gasteiger partial charge on any atom is 0.192 e. The van der Waals surface area contributed by atoms with E-state index in [1.165, 1.54) is 11.1 Å². The molecule has 3 rings (SSSR count). The molecule has 3 atom stereocenters. The second kappa shape index (κ2) is 7.30. The highest BCUT2D eigenvalue weighted by Gasteiger charge is 2.49. The molecule has 2 saturated heterocycles. The lowest BCUT2D eigenvalue weighted by Gasteiger charge is -2.41. The van der Waals surface area contributed by atoms with Gasteiger partial charge in [0.15, 0.2) is 8.32 Å². The van der Waals surface area contributed by atoms with Crippen LogP contribution >= 0.6 is 0 Å². The fraction of sp³-hybridized carbons (Fsp3) is 0.591. The number of hydrogen-bond donors (Lipinski definition) is 0. The van der Waals surface area contributed by atoms with Gasteiger partial charge >= 0.3 is 0 Å². The predicted molar refractivity (Wildman–Crippen MR) is 109 cm³/mol. The van der Waals surface area contributed by atoms with Crippen molar-refractivity contribution >= 4 is 8.32 Å². The van der Waals surface area contributed by atoms with Crippen LogP contribution in [0.25, 0.3) is 0 Å². The summed E-state index contributed by atoms with van der Waals surface area (Å²) in [6.07, 6.45) is 5.13. The first kappa shape index (κ1) is 19.4. The molecule has 0 amide bonds. The molecule has 4 heteroatoms. The van der Waals surface area contributed by atoms with E-state index in [0.29, 0.717) is 12.1 Å². The lowest BCUT2D eigenvalue weighted by Crippen LogP contribution is -2.48. The third-order valence-electron chi connectivity index (χ3n) is 6.53. The Labute approximate surface area is 159 Å². The maximum atomic E-state index is 9.11. The summed E-state index contributed by atoms with van der Waals surface area (Å²) in [4.78, 5) is 2.64. The minimum Gasteiger partial charge on any atom is -0.412 e. The smallest absolute Gasteiger partial charge is 0.192 e. The maximum absolute atomic E-state index is 9.11. The quantitative estimate of drug-likeness (QED) is 0.537. The number of fused-ring (bicyclic) bond motifs is 2. The standard InChI is InChI=1S/C22H32N2OSi/c1-22(2,3)26(4,5)25-21-15-19-13-18(11-12-23)14-20(21)24(19)16-17-9-7-6-8-10-17/h6-11,19-21H,13-16H2,1-5H3. The summed E-state index contributed by atoms with van der Waals surface area (Å²) in [6.45, 7) is 12.6. The van der Waals surface area contributed by atoms with Gasteiger partial charge in [-0.3, -0.25) is 4.90 Å². The van der Waals surface area contributed by atoms with E-state index in [4.69, 9.17) is 9.69 Å². The fourth-order valence-corrected chi connectivity index (χ4v) is 5.44. The third kappa shape index (κ3) is 3.96. The highest BCUT2D eigenvalue weighted by atomic mass is 28.4. The first-order valence-corrected chi connectivity index (χ1v) is 12.7. The molecule has 1 aromatic rings. The molecule has 3 nitrogen and oxygen atoms in total. The van der Waals surface area contributed by atoms with Crippen molar-refractivity contribution in [3.63, 3.8) is 0 Å². The molecule has 0 aromatic heterocycles. The van der Waals surface area contributed by atoms with E-state index in [9.17, 15) is 0 Å². The summed E-state index contributed by atoms with van der Waals surface area (Å²) >= 11 is 0. The molecule has 0 aliphatic carbocycles. The average molecular weight is 369 g/mol. The molecular formula is C22H32N2OSi. The zero-order valence-corrected chi connectivity index (χ0v) is 17.8. The van der Waals surface area contributed by atoms with Crippen LogP contribution in [0.1, 0.15) is 45.6 Å². The molecule has 0 saturated carbocycles. The summed E-state index contributed by atoms with van der Waals surface area (Å²) in [6, 6.07) is 13.9. The van der Waals surface area contributed by atoms with Crippen LogP contribution in [0.5, 0.6) is 0 Å². The summed E-state index contributed by atoms with van der Waals surface area (Å²) in [5, 5.41) is 9.33. The van der Waals surface area contributed by atoms with Crippen LogP contribution in [0.2, 0.25) is 18.1 Å². The van der Waals surface area contributed by atoms with Crippen molar-refractivity contribution in [3.05, 3.63) is 47.5 Å². The molecule has 0 radical (unpaired) electrons. The molecule has 2 aliphatic heterocycles. The van der Waals surface area contributed by atoms with Crippen LogP contribution in [-0.2, 0) is 11.0 Å². The van der Waals surface area contributed by atoms with Crippen molar-refractivity contribution in [1.82, 2.24) is 4.90 Å². The number of piperidine rings is 1. The van der Waals surface area contributed by atoms with Gasteiger partial charge in [0.05, 0.1) is 12.2 Å². The van der Waals surface area contributed by atoms with Crippen LogP contribution < -0.4 is 0 Å². The van der Waals surface area contributed by atoms with E-state index >= 15 is 0 Å². The van der Waals surface area contributed by atoms with Crippen molar-refractivity contribution in [2.45, 2.75) is 82.9 Å². The molecule has 140 valence electrons. The van der Waals surface area contributed by atoms with Crippen LogP contribution in [0.15, 0.2) is 42.0 Å². The van der Waals surface area contributed by atoms with Gasteiger partial charge in [0.25, 0.3) is 0 Å². The lowest BCUT2D eigenvalue weighted by molar-refractivity contribution is 0.0984. The highest BCUT2D eigenvalue weighted by Crippen LogP contribution is 2.45. The van der Waals surface area contributed by atoms with Crippen molar-refractivity contribution in [2.75, 3.05) is 0 Å². The van der Waals surface area contributed by atoms with E-state index in [2.05, 4.69) is 75.2 Å². The zero-order valence-electron chi connectivity index (χ0n) is 16.8. The molecule has 1 aromatic carbocycles. The Morgan fingerprint density at radius 3 is 2.54 bits per heavy atom. The SMILES string of the molecule is CC(C)(C)[Si](C)(C)OC1CC2CC(=CC#N)CC1N2Cc1ccccc1. The first-order valence-electron chi connectivity index (χ1n) is 9.76. The van der Waals surface area contributed by atoms with E-state index < -0.39 is 8.32 Å². The number of nitriles is 1. The van der Waals surface area contributed by atoms with Crippen molar-refractivity contribution in [2.24, 2.45) is 0 Å². The van der Waals surface area contributed by atoms with Gasteiger partial charge in [-0.15, -0.1) is 0 Å². The van der Waals surface area contributed by atoms with Crippen molar-refractivity contribution in [3.8, 4) is 6.07 Å². The predicted octanol–water partition coefficient (Wildman–Crippen LogP) is 5.26. The minimum absolute atomic E-state index is 0.222. The van der Waals surface area contributed by atoms with Crippen LogP contribution in [0.4, 0.5) is 0 Å². The van der Waals surface area contributed by atoms with Gasteiger partial charge < -0.3 is 4.43 Å². The molecular weight excluding hydrogens is 336 g/mol. The topological polar surface area (TPSA) is 36.3 Å². The number of hydrogen-bond acceptors (Lipinski definition) is 3. The van der Waals surface area contributed by atoms with Gasteiger partial charge in [-0.25, -0.2) is 0 Å². The van der Waals surface area contributed by atoms with Gasteiger partial charge in [-0.2, -0.15) is 5.26 Å². The van der Waals surface area contributed by atoms with E-state index in [1.54, 1.807) is 6.08 Å². The van der Waals surface area contributed by atoms with Gasteiger partial charge in [0.2, 0.25) is 0 Å². The molecule has 0 N–H and O–H groups in total. The van der Waals surface area contributed by atoms with Gasteiger partial charge in [-0.05, 0) is 43.0 Å². The fourth-order valence-electron chi connectivity index (χ4n) is 4.08. The molecule has 2 fully saturated rings. The second-order valence-corrected chi connectivity index (χ2v) is 14.1. The molecule has 2 heterocycles. The van der Waals surface area contributed by atoms with E-state index in [0.717, 1.165) is 25.8 Å². The van der Waals surface area contributed by atoms with Gasteiger partial charge in [0, 0.05) is 24.7 Å². The Hall–Kier alpha value is -1.41. The number of nitrogens with zero attached hydrogens (tertiary/aromatic N) is 2. The summed E-state index contributed by atoms with van der Waals surface area (Å²) in [5.41, 5.74) is 2.66. The van der Waals surface area contributed by atoms with Crippen LogP contribution in [0.3, 0.4) is 0 Å². The minimum atomic E-state index is -1.80. The molecule has 0 spiro atoms. The largest absolute Gasteiger partial charge is 0.412 e. The number of allylic oxidation sites excluding steroid dienone is 1. The van der Waals surface area contributed by atoms with Crippen molar-refractivity contribution < 1.29 is 4.43 Å². The zero-order chi connectivity index (χ0) is 18.9. The lowest BCUT2D eigenvalue weighted by atomic mass is 9.95. The molecule has 26 heavy (non-hydrogen) atoms. The van der Waals surface area contributed by atoms with Gasteiger partial charge in [-0.1, -0.05) is 56.7 Å². The monoisotopic (exact) mass is 368 g/mol. The third-order valence-corrected chi connectivity index (χ3v) is 11.0. The Kier molecular flexibility index (Phi) is 5.44. The van der Waals surface area contributed by atoms with Crippen molar-refractivity contribution in [1.29, 1.82) is 5.26 Å². The van der Waals surface area contributed by atoms with Gasteiger partial charge in [0.1, 0.15) is 0 Å². The summed E-state index contributed by atoms with van der Waals surface area (Å²) in [5.74, 6) is 0. The summed E-state index contributed by atoms with van der Waals surface area (Å²) < 4.78 is 6.86. The Morgan fingerprint density at radius 1 is 1.23 bits per heavy atom. The molecule has 2 bridgehead atoms. The average Bonchev–Trinajstić information content (AvgIpc) is 2.74. The van der Waals surface area contributed by atoms with E-state index in [-0.39, 0.29) is 11.1 Å². The number of rotatable bonds is 4.